The third-order valence-electron chi connectivity index (χ3n) is 2.98. The van der Waals surface area contributed by atoms with Crippen LogP contribution in [0.3, 0.4) is 0 Å². The number of aliphatic hydroxyl groups is 3. The summed E-state index contributed by atoms with van der Waals surface area (Å²) in [5.41, 5.74) is 0.954. The van der Waals surface area contributed by atoms with E-state index in [2.05, 4.69) is 6.58 Å². The van der Waals surface area contributed by atoms with Gasteiger partial charge >= 0.3 is 0 Å². The zero-order valence-corrected chi connectivity index (χ0v) is 9.49. The topological polar surface area (TPSA) is 77.1 Å². The largest absolute Gasteiger partial charge is 0.449 e. The van der Waals surface area contributed by atoms with Gasteiger partial charge in [0.2, 0.25) is 0 Å². The van der Waals surface area contributed by atoms with Crippen molar-refractivity contribution in [2.75, 3.05) is 18.0 Å². The minimum Gasteiger partial charge on any atom is -0.449 e. The molecule has 1 saturated heterocycles. The van der Waals surface area contributed by atoms with Crippen LogP contribution in [0.1, 0.15) is 5.56 Å². The van der Waals surface area contributed by atoms with Crippen LogP contribution in [-0.2, 0) is 6.42 Å². The number of anilines is 1. The van der Waals surface area contributed by atoms with Crippen molar-refractivity contribution in [1.29, 1.82) is 0 Å². The Bertz CT molecular complexity index is 378. The molecule has 5 heteroatoms. The Hall–Kier alpha value is -1.30. The Morgan fingerprint density at radius 2 is 2.00 bits per heavy atom. The fraction of sp³-hybridized carbons (Fsp3) is 0.500. The van der Waals surface area contributed by atoms with Crippen molar-refractivity contribution < 1.29 is 19.7 Å². The number of allylic oxidation sites excluding steroid dienone is 1. The van der Waals surface area contributed by atoms with Gasteiger partial charge in [0.1, 0.15) is 18.3 Å². The second-order valence-corrected chi connectivity index (χ2v) is 4.27. The van der Waals surface area contributed by atoms with E-state index in [0.29, 0.717) is 12.3 Å². The average molecular weight is 239 g/mol. The van der Waals surface area contributed by atoms with E-state index in [-0.39, 0.29) is 13.1 Å². The second kappa shape index (κ2) is 4.91. The van der Waals surface area contributed by atoms with Crippen LogP contribution in [0.4, 0.5) is 5.88 Å². The van der Waals surface area contributed by atoms with Crippen LogP contribution in [0, 0.1) is 0 Å². The van der Waals surface area contributed by atoms with E-state index in [1.165, 1.54) is 0 Å². The average Bonchev–Trinajstić information content (AvgIpc) is 2.74. The predicted octanol–water partition coefficient (Wildman–Crippen LogP) is -0.0892. The highest BCUT2D eigenvalue weighted by Gasteiger charge is 2.35. The smallest absolute Gasteiger partial charge is 0.198 e. The maximum Gasteiger partial charge on any atom is 0.198 e. The summed E-state index contributed by atoms with van der Waals surface area (Å²) in [7, 11) is 0. The van der Waals surface area contributed by atoms with Gasteiger partial charge < -0.3 is 24.6 Å². The molecule has 1 aliphatic heterocycles. The summed E-state index contributed by atoms with van der Waals surface area (Å²) in [6.45, 7) is 4.16. The number of aliphatic hydroxyl groups excluding tert-OH is 3. The highest BCUT2D eigenvalue weighted by atomic mass is 16.4. The number of β-amino-alcohol motifs (C(OH)–C–C–N with tert-alkyl or cyclic N) is 2. The Labute approximate surface area is 99.6 Å². The Morgan fingerprint density at radius 1 is 1.35 bits per heavy atom. The van der Waals surface area contributed by atoms with Gasteiger partial charge in [0, 0.05) is 18.7 Å². The summed E-state index contributed by atoms with van der Waals surface area (Å²) >= 11 is 0. The molecule has 0 amide bonds. The lowest BCUT2D eigenvalue weighted by Crippen LogP contribution is -2.55. The van der Waals surface area contributed by atoms with E-state index >= 15 is 0 Å². The van der Waals surface area contributed by atoms with E-state index < -0.39 is 18.3 Å². The molecule has 0 spiro atoms. The second-order valence-electron chi connectivity index (χ2n) is 4.27. The van der Waals surface area contributed by atoms with Crippen LogP contribution in [0.25, 0.3) is 0 Å². The summed E-state index contributed by atoms with van der Waals surface area (Å²) in [5, 5.41) is 28.7. The number of hydrogen-bond donors (Lipinski definition) is 3. The molecule has 1 aromatic heterocycles. The molecule has 0 aliphatic carbocycles. The van der Waals surface area contributed by atoms with Crippen LogP contribution >= 0.6 is 0 Å². The number of hydrogen-bond acceptors (Lipinski definition) is 5. The quantitative estimate of drug-likeness (QED) is 0.643. The van der Waals surface area contributed by atoms with Gasteiger partial charge in [-0.05, 0) is 12.5 Å². The first-order valence-electron chi connectivity index (χ1n) is 5.60. The minimum atomic E-state index is -1.09. The van der Waals surface area contributed by atoms with Crippen molar-refractivity contribution in [2.24, 2.45) is 0 Å². The molecule has 3 N–H and O–H groups in total. The van der Waals surface area contributed by atoms with Gasteiger partial charge in [-0.25, -0.2) is 0 Å². The van der Waals surface area contributed by atoms with Gasteiger partial charge in [-0.15, -0.1) is 6.58 Å². The first kappa shape index (κ1) is 12.2. The van der Waals surface area contributed by atoms with Crippen molar-refractivity contribution in [3.63, 3.8) is 0 Å². The zero-order chi connectivity index (χ0) is 12.4. The van der Waals surface area contributed by atoms with Gasteiger partial charge in [-0.2, -0.15) is 0 Å². The van der Waals surface area contributed by atoms with Crippen LogP contribution < -0.4 is 4.90 Å². The van der Waals surface area contributed by atoms with E-state index in [9.17, 15) is 15.3 Å². The van der Waals surface area contributed by atoms with Gasteiger partial charge in [-0.3, -0.25) is 0 Å². The van der Waals surface area contributed by atoms with Crippen LogP contribution in [0.15, 0.2) is 29.4 Å². The number of furan rings is 1. The molecule has 0 radical (unpaired) electrons. The Morgan fingerprint density at radius 3 is 2.59 bits per heavy atom. The van der Waals surface area contributed by atoms with Crippen LogP contribution in [0.5, 0.6) is 0 Å². The Kier molecular flexibility index (Phi) is 3.51. The molecule has 1 unspecified atom stereocenters. The molecule has 2 rings (SSSR count). The summed E-state index contributed by atoms with van der Waals surface area (Å²) < 4.78 is 5.36. The molecule has 1 fully saturated rings. The lowest BCUT2D eigenvalue weighted by Gasteiger charge is -2.37. The van der Waals surface area contributed by atoms with Crippen LogP contribution in [-0.4, -0.2) is 46.7 Å². The van der Waals surface area contributed by atoms with E-state index in [1.807, 2.05) is 6.07 Å². The number of rotatable bonds is 3. The predicted molar refractivity (Wildman–Crippen MR) is 62.8 cm³/mol. The summed E-state index contributed by atoms with van der Waals surface area (Å²) in [4.78, 5) is 1.74. The normalized spacial score (nSPS) is 29.4. The van der Waals surface area contributed by atoms with Gasteiger partial charge in [0.25, 0.3) is 0 Å². The maximum atomic E-state index is 9.62. The molecular formula is C12H17NO4. The molecular weight excluding hydrogens is 222 g/mol. The van der Waals surface area contributed by atoms with E-state index in [4.69, 9.17) is 4.42 Å². The molecule has 0 bridgehead atoms. The van der Waals surface area contributed by atoms with Crippen LogP contribution in [0.2, 0.25) is 0 Å². The van der Waals surface area contributed by atoms with Crippen molar-refractivity contribution in [3.8, 4) is 0 Å². The third-order valence-corrected chi connectivity index (χ3v) is 2.98. The van der Waals surface area contributed by atoms with Gasteiger partial charge in [0.15, 0.2) is 5.88 Å². The number of piperidine rings is 1. The summed E-state index contributed by atoms with van der Waals surface area (Å²) in [6.07, 6.45) is 0.958. The first-order valence-corrected chi connectivity index (χ1v) is 5.60. The number of nitrogens with zero attached hydrogens (tertiary/aromatic N) is 1. The zero-order valence-electron chi connectivity index (χ0n) is 9.49. The SMILES string of the molecule is C=CCc1ccoc1N1C[C@@H](O)C(O)[C@@H](O)C1. The first-order chi connectivity index (χ1) is 8.13. The molecule has 1 aromatic rings. The molecule has 2 heterocycles. The maximum absolute atomic E-state index is 9.62. The van der Waals surface area contributed by atoms with E-state index in [1.54, 1.807) is 17.2 Å². The standard InChI is InChI=1S/C12H17NO4/c1-2-3-8-4-5-17-12(8)13-6-9(14)11(16)10(15)7-13/h2,4-5,9-11,14-16H,1,3,6-7H2/t9-,10+,11?. The summed E-state index contributed by atoms with van der Waals surface area (Å²) in [6, 6.07) is 1.83. The third kappa shape index (κ3) is 2.36. The van der Waals surface area contributed by atoms with Crippen molar-refractivity contribution in [3.05, 3.63) is 30.5 Å². The highest BCUT2D eigenvalue weighted by Crippen LogP contribution is 2.26. The molecule has 5 nitrogen and oxygen atoms in total. The molecule has 1 aliphatic rings. The molecule has 0 saturated carbocycles. The van der Waals surface area contributed by atoms with Gasteiger partial charge in [0.05, 0.1) is 6.26 Å². The molecule has 3 atom stereocenters. The fourth-order valence-electron chi connectivity index (χ4n) is 2.08. The summed E-state index contributed by atoms with van der Waals surface area (Å²) in [5.74, 6) is 0.620. The minimum absolute atomic E-state index is 0.246. The fourth-order valence-corrected chi connectivity index (χ4v) is 2.08. The van der Waals surface area contributed by atoms with Crippen molar-refractivity contribution in [1.82, 2.24) is 0 Å². The molecule has 17 heavy (non-hydrogen) atoms. The van der Waals surface area contributed by atoms with E-state index in [0.717, 1.165) is 5.56 Å². The lowest BCUT2D eigenvalue weighted by atomic mass is 10.0. The van der Waals surface area contributed by atoms with Gasteiger partial charge in [-0.1, -0.05) is 6.08 Å². The van der Waals surface area contributed by atoms with Crippen molar-refractivity contribution in [2.45, 2.75) is 24.7 Å². The molecule has 0 aromatic carbocycles. The molecule has 94 valence electrons. The van der Waals surface area contributed by atoms with Crippen molar-refractivity contribution >= 4 is 5.88 Å². The Balaban J connectivity index is 2.17. The highest BCUT2D eigenvalue weighted by molar-refractivity contribution is 5.46. The lowest BCUT2D eigenvalue weighted by molar-refractivity contribution is -0.0680. The monoisotopic (exact) mass is 239 g/mol.